The van der Waals surface area contributed by atoms with Crippen molar-refractivity contribution in [2.75, 3.05) is 6.61 Å². The van der Waals surface area contributed by atoms with Gasteiger partial charge in [0.15, 0.2) is 5.78 Å². The molecule has 0 aliphatic carbocycles. The third-order valence-electron chi connectivity index (χ3n) is 1.82. The molecule has 1 rings (SSSR count). The van der Waals surface area contributed by atoms with Crippen LogP contribution in [0.25, 0.3) is 0 Å². The van der Waals surface area contributed by atoms with E-state index in [0.29, 0.717) is 6.42 Å². The van der Waals surface area contributed by atoms with E-state index in [1.807, 2.05) is 44.2 Å². The minimum Gasteiger partial charge on any atom is -0.371 e. The number of rotatable bonds is 5. The molecule has 2 nitrogen and oxygen atoms in total. The summed E-state index contributed by atoms with van der Waals surface area (Å²) in [5.41, 5.74) is 1.05. The zero-order valence-electron chi connectivity index (χ0n) is 8.69. The predicted octanol–water partition coefficient (Wildman–Crippen LogP) is 2.22. The first-order valence-electron chi connectivity index (χ1n) is 4.85. The molecular formula is C12H16O2. The van der Waals surface area contributed by atoms with Crippen LogP contribution in [-0.2, 0) is 16.0 Å². The van der Waals surface area contributed by atoms with Crippen molar-refractivity contribution in [3.05, 3.63) is 35.9 Å². The van der Waals surface area contributed by atoms with E-state index < -0.39 is 0 Å². The van der Waals surface area contributed by atoms with Gasteiger partial charge in [0, 0.05) is 6.42 Å². The van der Waals surface area contributed by atoms with E-state index in [2.05, 4.69) is 0 Å². The molecule has 0 unspecified atom stereocenters. The Labute approximate surface area is 84.9 Å². The smallest absolute Gasteiger partial charge is 0.162 e. The second kappa shape index (κ2) is 5.55. The Morgan fingerprint density at radius 2 is 1.93 bits per heavy atom. The largest absolute Gasteiger partial charge is 0.371 e. The molecule has 0 heterocycles. The number of ketones is 1. The summed E-state index contributed by atoms with van der Waals surface area (Å²) in [7, 11) is 0. The first-order chi connectivity index (χ1) is 6.68. The Kier molecular flexibility index (Phi) is 4.33. The van der Waals surface area contributed by atoms with Crippen molar-refractivity contribution in [2.24, 2.45) is 0 Å². The van der Waals surface area contributed by atoms with E-state index in [9.17, 15) is 4.79 Å². The maximum absolute atomic E-state index is 11.4. The maximum atomic E-state index is 11.4. The number of carbonyl (C=O) groups excluding carboxylic acids is 1. The van der Waals surface area contributed by atoms with Crippen molar-refractivity contribution in [1.29, 1.82) is 0 Å². The molecular weight excluding hydrogens is 176 g/mol. The lowest BCUT2D eigenvalue weighted by molar-refractivity contribution is -0.124. The summed E-state index contributed by atoms with van der Waals surface area (Å²) in [6.45, 7) is 4.07. The SMILES string of the molecule is CC(C)OCC(=O)Cc1ccccc1. The van der Waals surface area contributed by atoms with Gasteiger partial charge in [-0.05, 0) is 19.4 Å². The lowest BCUT2D eigenvalue weighted by Crippen LogP contribution is -2.15. The first-order valence-corrected chi connectivity index (χ1v) is 4.85. The van der Waals surface area contributed by atoms with Gasteiger partial charge in [-0.1, -0.05) is 30.3 Å². The summed E-state index contributed by atoms with van der Waals surface area (Å²) in [4.78, 5) is 11.4. The van der Waals surface area contributed by atoms with Crippen LogP contribution in [-0.4, -0.2) is 18.5 Å². The topological polar surface area (TPSA) is 26.3 Å². The second-order valence-electron chi connectivity index (χ2n) is 3.56. The van der Waals surface area contributed by atoms with Gasteiger partial charge in [0.25, 0.3) is 0 Å². The first kappa shape index (κ1) is 10.9. The van der Waals surface area contributed by atoms with Gasteiger partial charge in [-0.25, -0.2) is 0 Å². The van der Waals surface area contributed by atoms with Crippen molar-refractivity contribution >= 4 is 5.78 Å². The number of benzene rings is 1. The number of hydrogen-bond donors (Lipinski definition) is 0. The zero-order valence-corrected chi connectivity index (χ0v) is 8.69. The number of ether oxygens (including phenoxy) is 1. The molecule has 14 heavy (non-hydrogen) atoms. The standard InChI is InChI=1S/C12H16O2/c1-10(2)14-9-12(13)8-11-6-4-3-5-7-11/h3-7,10H,8-9H2,1-2H3. The summed E-state index contributed by atoms with van der Waals surface area (Å²) in [6, 6.07) is 9.72. The Hall–Kier alpha value is -1.15. The van der Waals surface area contributed by atoms with E-state index in [1.54, 1.807) is 0 Å². The zero-order chi connectivity index (χ0) is 10.4. The number of carbonyl (C=O) groups is 1. The molecule has 0 aliphatic heterocycles. The Bertz CT molecular complexity index is 278. The molecule has 76 valence electrons. The highest BCUT2D eigenvalue weighted by atomic mass is 16.5. The third-order valence-corrected chi connectivity index (χ3v) is 1.82. The number of Topliss-reactive ketones (excluding diaryl/α,β-unsaturated/α-hetero) is 1. The monoisotopic (exact) mass is 192 g/mol. The molecule has 0 aliphatic rings. The molecule has 0 N–H and O–H groups in total. The Morgan fingerprint density at radius 1 is 1.29 bits per heavy atom. The second-order valence-corrected chi connectivity index (χ2v) is 3.56. The minimum absolute atomic E-state index is 0.120. The lowest BCUT2D eigenvalue weighted by Gasteiger charge is -2.06. The van der Waals surface area contributed by atoms with Gasteiger partial charge in [-0.15, -0.1) is 0 Å². The highest BCUT2D eigenvalue weighted by molar-refractivity contribution is 5.82. The minimum atomic E-state index is 0.120. The van der Waals surface area contributed by atoms with Gasteiger partial charge in [-0.3, -0.25) is 4.79 Å². The summed E-state index contributed by atoms with van der Waals surface area (Å²) < 4.78 is 5.23. The van der Waals surface area contributed by atoms with Crippen LogP contribution in [0.4, 0.5) is 0 Å². The number of hydrogen-bond acceptors (Lipinski definition) is 2. The quantitative estimate of drug-likeness (QED) is 0.715. The van der Waals surface area contributed by atoms with Crippen LogP contribution in [0.15, 0.2) is 30.3 Å². The summed E-state index contributed by atoms with van der Waals surface area (Å²) in [5.74, 6) is 0.130. The van der Waals surface area contributed by atoms with Crippen LogP contribution < -0.4 is 0 Å². The molecule has 0 saturated carbocycles. The molecule has 0 atom stereocenters. The normalized spacial score (nSPS) is 10.5. The average molecular weight is 192 g/mol. The molecule has 1 aromatic carbocycles. The summed E-state index contributed by atoms with van der Waals surface area (Å²) in [5, 5.41) is 0. The third kappa shape index (κ3) is 4.19. The van der Waals surface area contributed by atoms with Crippen molar-refractivity contribution < 1.29 is 9.53 Å². The summed E-state index contributed by atoms with van der Waals surface area (Å²) >= 11 is 0. The van der Waals surface area contributed by atoms with Gasteiger partial charge in [-0.2, -0.15) is 0 Å². The van der Waals surface area contributed by atoms with Crippen molar-refractivity contribution in [2.45, 2.75) is 26.4 Å². The van der Waals surface area contributed by atoms with Gasteiger partial charge in [0.1, 0.15) is 6.61 Å². The van der Waals surface area contributed by atoms with Crippen LogP contribution in [0.1, 0.15) is 19.4 Å². The van der Waals surface area contributed by atoms with Gasteiger partial charge < -0.3 is 4.74 Å². The van der Waals surface area contributed by atoms with E-state index in [0.717, 1.165) is 5.56 Å². The van der Waals surface area contributed by atoms with E-state index in [-0.39, 0.29) is 18.5 Å². The van der Waals surface area contributed by atoms with Crippen LogP contribution in [0.3, 0.4) is 0 Å². The van der Waals surface area contributed by atoms with Crippen LogP contribution >= 0.6 is 0 Å². The molecule has 0 spiro atoms. The highest BCUT2D eigenvalue weighted by Crippen LogP contribution is 2.00. The van der Waals surface area contributed by atoms with E-state index >= 15 is 0 Å². The fourth-order valence-electron chi connectivity index (χ4n) is 1.13. The molecule has 0 radical (unpaired) electrons. The molecule has 0 saturated heterocycles. The molecule has 0 aromatic heterocycles. The molecule has 2 heteroatoms. The van der Waals surface area contributed by atoms with Crippen molar-refractivity contribution in [3.63, 3.8) is 0 Å². The Balaban J connectivity index is 2.35. The van der Waals surface area contributed by atoms with Crippen molar-refractivity contribution in [3.8, 4) is 0 Å². The van der Waals surface area contributed by atoms with E-state index in [1.165, 1.54) is 0 Å². The average Bonchev–Trinajstić information content (AvgIpc) is 2.16. The van der Waals surface area contributed by atoms with Gasteiger partial charge >= 0.3 is 0 Å². The molecule has 0 bridgehead atoms. The van der Waals surface area contributed by atoms with Gasteiger partial charge in [0.2, 0.25) is 0 Å². The summed E-state index contributed by atoms with van der Waals surface area (Å²) in [6.07, 6.45) is 0.586. The van der Waals surface area contributed by atoms with Crippen LogP contribution in [0.5, 0.6) is 0 Å². The Morgan fingerprint density at radius 3 is 2.50 bits per heavy atom. The fraction of sp³-hybridized carbons (Fsp3) is 0.417. The molecule has 0 fully saturated rings. The molecule has 1 aromatic rings. The fourth-order valence-corrected chi connectivity index (χ4v) is 1.13. The predicted molar refractivity (Wildman–Crippen MR) is 56.2 cm³/mol. The maximum Gasteiger partial charge on any atom is 0.162 e. The lowest BCUT2D eigenvalue weighted by atomic mass is 10.1. The van der Waals surface area contributed by atoms with Crippen LogP contribution in [0.2, 0.25) is 0 Å². The van der Waals surface area contributed by atoms with E-state index in [4.69, 9.17) is 4.74 Å². The van der Waals surface area contributed by atoms with Crippen LogP contribution in [0, 0.1) is 0 Å². The van der Waals surface area contributed by atoms with Gasteiger partial charge in [0.05, 0.1) is 6.10 Å². The highest BCUT2D eigenvalue weighted by Gasteiger charge is 2.04. The van der Waals surface area contributed by atoms with Crippen molar-refractivity contribution in [1.82, 2.24) is 0 Å². The molecule has 0 amide bonds.